The van der Waals surface area contributed by atoms with Crippen LogP contribution in [0.2, 0.25) is 0 Å². The van der Waals surface area contributed by atoms with Gasteiger partial charge in [0.2, 0.25) is 0 Å². The Bertz CT molecular complexity index is 554. The van der Waals surface area contributed by atoms with Crippen LogP contribution in [-0.2, 0) is 6.42 Å². The van der Waals surface area contributed by atoms with Crippen molar-refractivity contribution in [3.63, 3.8) is 0 Å². The summed E-state index contributed by atoms with van der Waals surface area (Å²) in [5.41, 5.74) is 1.42. The van der Waals surface area contributed by atoms with Gasteiger partial charge in [0.25, 0.3) is 0 Å². The Balaban J connectivity index is 2.16. The molecule has 2 aromatic rings. The van der Waals surface area contributed by atoms with E-state index in [4.69, 9.17) is 0 Å². The van der Waals surface area contributed by atoms with Gasteiger partial charge in [0, 0.05) is 4.83 Å². The normalized spacial score (nSPS) is 12.4. The molecule has 0 spiro atoms. The van der Waals surface area contributed by atoms with Crippen molar-refractivity contribution in [2.45, 2.75) is 11.2 Å². The van der Waals surface area contributed by atoms with Crippen molar-refractivity contribution in [2.24, 2.45) is 0 Å². The zero-order valence-corrected chi connectivity index (χ0v) is 10.9. The summed E-state index contributed by atoms with van der Waals surface area (Å²) in [5, 5.41) is 0. The molecule has 0 aliphatic carbocycles. The standard InChI is InChI=1S/C14H10BrF3/c15-12(10-2-1-3-11(16)8-10)6-9-4-5-13(17)14(18)7-9/h1-5,7-8,12H,6H2. The molecule has 0 saturated heterocycles. The van der Waals surface area contributed by atoms with Gasteiger partial charge in [0.15, 0.2) is 11.6 Å². The largest absolute Gasteiger partial charge is 0.207 e. The maximum absolute atomic E-state index is 13.1. The minimum atomic E-state index is -0.869. The molecule has 0 aliphatic heterocycles. The van der Waals surface area contributed by atoms with Crippen LogP contribution >= 0.6 is 15.9 Å². The van der Waals surface area contributed by atoms with E-state index >= 15 is 0 Å². The van der Waals surface area contributed by atoms with E-state index in [-0.39, 0.29) is 10.6 Å². The van der Waals surface area contributed by atoms with Crippen LogP contribution in [-0.4, -0.2) is 0 Å². The Hall–Kier alpha value is -1.29. The number of hydrogen-bond donors (Lipinski definition) is 0. The molecule has 0 N–H and O–H groups in total. The molecule has 0 radical (unpaired) electrons. The average Bonchev–Trinajstić information content (AvgIpc) is 2.34. The third kappa shape index (κ3) is 3.13. The predicted octanol–water partition coefficient (Wildman–Crippen LogP) is 4.78. The Morgan fingerprint density at radius 3 is 2.39 bits per heavy atom. The van der Waals surface area contributed by atoms with Crippen LogP contribution in [0.25, 0.3) is 0 Å². The fourth-order valence-electron chi connectivity index (χ4n) is 1.69. The average molecular weight is 315 g/mol. The summed E-state index contributed by atoms with van der Waals surface area (Å²) in [5.74, 6) is -2.05. The molecule has 0 saturated carbocycles. The molecular weight excluding hydrogens is 305 g/mol. The first kappa shape index (κ1) is 13.1. The quantitative estimate of drug-likeness (QED) is 0.715. The zero-order chi connectivity index (χ0) is 13.1. The van der Waals surface area contributed by atoms with E-state index in [0.717, 1.165) is 17.7 Å². The van der Waals surface area contributed by atoms with Crippen molar-refractivity contribution in [1.82, 2.24) is 0 Å². The first-order valence-corrected chi connectivity index (χ1v) is 6.31. The van der Waals surface area contributed by atoms with Crippen LogP contribution in [0.15, 0.2) is 42.5 Å². The second-order valence-electron chi connectivity index (χ2n) is 3.98. The third-order valence-corrected chi connectivity index (χ3v) is 3.46. The second-order valence-corrected chi connectivity index (χ2v) is 5.08. The van der Waals surface area contributed by atoms with Gasteiger partial charge in [-0.1, -0.05) is 34.1 Å². The van der Waals surface area contributed by atoms with Crippen LogP contribution in [0.5, 0.6) is 0 Å². The third-order valence-electron chi connectivity index (χ3n) is 2.61. The van der Waals surface area contributed by atoms with Gasteiger partial charge >= 0.3 is 0 Å². The minimum Gasteiger partial charge on any atom is -0.207 e. The van der Waals surface area contributed by atoms with Crippen LogP contribution in [0.4, 0.5) is 13.2 Å². The molecule has 1 unspecified atom stereocenters. The molecular formula is C14H10BrF3. The molecule has 1 atom stereocenters. The highest BCUT2D eigenvalue weighted by atomic mass is 79.9. The number of hydrogen-bond acceptors (Lipinski definition) is 0. The van der Waals surface area contributed by atoms with Crippen molar-refractivity contribution in [3.05, 3.63) is 71.0 Å². The van der Waals surface area contributed by atoms with E-state index in [1.165, 1.54) is 18.2 Å². The van der Waals surface area contributed by atoms with Gasteiger partial charge in [-0.05, 0) is 41.8 Å². The van der Waals surface area contributed by atoms with Gasteiger partial charge in [0.1, 0.15) is 5.82 Å². The molecule has 2 rings (SSSR count). The molecule has 0 heterocycles. The smallest absolute Gasteiger partial charge is 0.159 e. The summed E-state index contributed by atoms with van der Waals surface area (Å²) >= 11 is 3.42. The van der Waals surface area contributed by atoms with E-state index < -0.39 is 11.6 Å². The first-order chi connectivity index (χ1) is 8.56. The van der Waals surface area contributed by atoms with E-state index in [9.17, 15) is 13.2 Å². The van der Waals surface area contributed by atoms with Crippen molar-refractivity contribution in [3.8, 4) is 0 Å². The van der Waals surface area contributed by atoms with E-state index in [1.807, 2.05) is 0 Å². The number of rotatable bonds is 3. The molecule has 4 heteroatoms. The van der Waals surface area contributed by atoms with Crippen LogP contribution in [0.1, 0.15) is 16.0 Å². The maximum atomic E-state index is 13.1. The number of halogens is 4. The lowest BCUT2D eigenvalue weighted by atomic mass is 10.0. The van der Waals surface area contributed by atoms with Crippen LogP contribution < -0.4 is 0 Å². The van der Waals surface area contributed by atoms with E-state index in [0.29, 0.717) is 12.0 Å². The molecule has 0 fully saturated rings. The lowest BCUT2D eigenvalue weighted by molar-refractivity contribution is 0.507. The summed E-state index contributed by atoms with van der Waals surface area (Å²) in [7, 11) is 0. The highest BCUT2D eigenvalue weighted by Crippen LogP contribution is 2.27. The van der Waals surface area contributed by atoms with Gasteiger partial charge in [-0.3, -0.25) is 0 Å². The van der Waals surface area contributed by atoms with Gasteiger partial charge in [-0.25, -0.2) is 13.2 Å². The molecule has 18 heavy (non-hydrogen) atoms. The highest BCUT2D eigenvalue weighted by molar-refractivity contribution is 9.09. The Morgan fingerprint density at radius 1 is 0.944 bits per heavy atom. The van der Waals surface area contributed by atoms with Crippen LogP contribution in [0.3, 0.4) is 0 Å². The lowest BCUT2D eigenvalue weighted by Gasteiger charge is -2.10. The predicted molar refractivity (Wildman–Crippen MR) is 68.1 cm³/mol. The summed E-state index contributed by atoms with van der Waals surface area (Å²) in [4.78, 5) is -0.141. The van der Waals surface area contributed by atoms with Crippen LogP contribution in [0, 0.1) is 17.5 Å². The Morgan fingerprint density at radius 2 is 1.72 bits per heavy atom. The molecule has 0 aromatic heterocycles. The van der Waals surface area contributed by atoms with Crippen molar-refractivity contribution >= 4 is 15.9 Å². The Labute approximate surface area is 112 Å². The summed E-state index contributed by atoms with van der Waals surface area (Å²) in [6.07, 6.45) is 0.459. The summed E-state index contributed by atoms with van der Waals surface area (Å²) in [6.45, 7) is 0. The minimum absolute atomic E-state index is 0.141. The maximum Gasteiger partial charge on any atom is 0.159 e. The van der Waals surface area contributed by atoms with Gasteiger partial charge in [0.05, 0.1) is 0 Å². The SMILES string of the molecule is Fc1cccc(C(Br)Cc2ccc(F)c(F)c2)c1. The molecule has 2 aromatic carbocycles. The molecule has 0 bridgehead atoms. The van der Waals surface area contributed by atoms with E-state index in [2.05, 4.69) is 15.9 Å². The van der Waals surface area contributed by atoms with E-state index in [1.54, 1.807) is 12.1 Å². The van der Waals surface area contributed by atoms with Crippen molar-refractivity contribution in [1.29, 1.82) is 0 Å². The fourth-order valence-corrected chi connectivity index (χ4v) is 2.35. The zero-order valence-electron chi connectivity index (χ0n) is 9.34. The molecule has 0 aliphatic rings. The Kier molecular flexibility index (Phi) is 4.07. The monoisotopic (exact) mass is 314 g/mol. The van der Waals surface area contributed by atoms with Gasteiger partial charge < -0.3 is 0 Å². The van der Waals surface area contributed by atoms with Gasteiger partial charge in [-0.2, -0.15) is 0 Å². The number of benzene rings is 2. The lowest BCUT2D eigenvalue weighted by Crippen LogP contribution is -1.97. The highest BCUT2D eigenvalue weighted by Gasteiger charge is 2.11. The second kappa shape index (κ2) is 5.57. The molecule has 0 nitrogen and oxygen atoms in total. The molecule has 0 amide bonds. The van der Waals surface area contributed by atoms with Gasteiger partial charge in [-0.15, -0.1) is 0 Å². The van der Waals surface area contributed by atoms with Crippen molar-refractivity contribution < 1.29 is 13.2 Å². The summed E-state index contributed by atoms with van der Waals surface area (Å²) in [6, 6.07) is 9.94. The number of alkyl halides is 1. The topological polar surface area (TPSA) is 0 Å². The molecule has 94 valence electrons. The summed E-state index contributed by atoms with van der Waals surface area (Å²) < 4.78 is 38.9. The first-order valence-electron chi connectivity index (χ1n) is 5.40. The van der Waals surface area contributed by atoms with Crippen molar-refractivity contribution in [2.75, 3.05) is 0 Å². The fraction of sp³-hybridized carbons (Fsp3) is 0.143.